The molecule has 1 aliphatic rings. The van der Waals surface area contributed by atoms with Crippen LogP contribution in [0.15, 0.2) is 78.9 Å². The number of piperidine rings is 1. The molecule has 4 aromatic rings. The highest BCUT2D eigenvalue weighted by Crippen LogP contribution is 2.27. The van der Waals surface area contributed by atoms with Crippen LogP contribution in [-0.4, -0.2) is 35.7 Å². The van der Waals surface area contributed by atoms with Crippen molar-refractivity contribution in [3.8, 4) is 22.5 Å². The average Bonchev–Trinajstić information content (AvgIpc) is 3.41. The highest BCUT2D eigenvalue weighted by molar-refractivity contribution is 5.94. The van der Waals surface area contributed by atoms with Crippen molar-refractivity contribution in [1.82, 2.24) is 15.5 Å². The van der Waals surface area contributed by atoms with Crippen molar-refractivity contribution in [1.29, 1.82) is 0 Å². The Balaban J connectivity index is 1.18. The number of amides is 1. The van der Waals surface area contributed by atoms with Crippen LogP contribution in [0.5, 0.6) is 0 Å². The second-order valence-electron chi connectivity index (χ2n) is 9.09. The van der Waals surface area contributed by atoms with Crippen molar-refractivity contribution < 1.29 is 4.79 Å². The molecule has 0 unspecified atom stereocenters. The summed E-state index contributed by atoms with van der Waals surface area (Å²) in [5, 5.41) is 10.6. The molecule has 5 rings (SSSR count). The lowest BCUT2D eigenvalue weighted by Gasteiger charge is -2.28. The fourth-order valence-electron chi connectivity index (χ4n) is 4.52. The van der Waals surface area contributed by atoms with E-state index < -0.39 is 0 Å². The summed E-state index contributed by atoms with van der Waals surface area (Å²) >= 11 is 0. The largest absolute Gasteiger partial charge is 0.399 e. The van der Waals surface area contributed by atoms with Gasteiger partial charge in [-0.1, -0.05) is 36.4 Å². The first-order valence-corrected chi connectivity index (χ1v) is 12.3. The maximum absolute atomic E-state index is 12.5. The maximum atomic E-state index is 12.5. The zero-order chi connectivity index (χ0) is 24.0. The first kappa shape index (κ1) is 22.7. The number of nitrogens with zero attached hydrogens (tertiary/aromatic N) is 2. The topological polar surface area (TPSA) is 87.0 Å². The van der Waals surface area contributed by atoms with E-state index in [1.807, 2.05) is 48.5 Å². The molecular formula is C29H31N5O. The lowest BCUT2D eigenvalue weighted by molar-refractivity contribution is 0.0954. The quantitative estimate of drug-likeness (QED) is 0.324. The summed E-state index contributed by atoms with van der Waals surface area (Å²) in [5.41, 5.74) is 13.4. The summed E-state index contributed by atoms with van der Waals surface area (Å²) in [6.45, 7) is 2.86. The Labute approximate surface area is 206 Å². The summed E-state index contributed by atoms with van der Waals surface area (Å²) in [6.07, 6.45) is 4.64. The number of nitrogens with two attached hydrogens (primary N) is 1. The number of hydrogen-bond acceptors (Lipinski definition) is 4. The lowest BCUT2D eigenvalue weighted by atomic mass is 10.1. The van der Waals surface area contributed by atoms with Gasteiger partial charge < -0.3 is 16.0 Å². The third-order valence-electron chi connectivity index (χ3n) is 6.60. The number of carbonyl (C=O) groups is 1. The molecule has 35 heavy (non-hydrogen) atoms. The molecule has 0 radical (unpaired) electrons. The minimum absolute atomic E-state index is 0.0777. The monoisotopic (exact) mass is 465 g/mol. The molecule has 0 aliphatic carbocycles. The molecule has 4 N–H and O–H groups in total. The van der Waals surface area contributed by atoms with E-state index in [9.17, 15) is 4.79 Å². The number of carbonyl (C=O) groups excluding carboxylic acids is 1. The van der Waals surface area contributed by atoms with E-state index in [4.69, 9.17) is 5.73 Å². The van der Waals surface area contributed by atoms with Crippen molar-refractivity contribution >= 4 is 17.3 Å². The van der Waals surface area contributed by atoms with Crippen LogP contribution in [0.3, 0.4) is 0 Å². The molecule has 1 fully saturated rings. The van der Waals surface area contributed by atoms with Crippen LogP contribution in [-0.2, 0) is 6.42 Å². The predicted octanol–water partition coefficient (Wildman–Crippen LogP) is 5.29. The van der Waals surface area contributed by atoms with Gasteiger partial charge in [-0.15, -0.1) is 0 Å². The molecule has 6 nitrogen and oxygen atoms in total. The normalized spacial score (nSPS) is 13.5. The standard InChI is InChI=1S/C29H31N5O/c30-25-12-4-21(5-13-25)16-17-31-29(35)24-8-6-22(7-9-24)27-20-28(33-32-27)23-10-14-26(15-11-23)34-18-2-1-3-19-34/h4-15,20H,1-3,16-19,30H2,(H,31,35)(H,32,33). The smallest absolute Gasteiger partial charge is 0.251 e. The van der Waals surface area contributed by atoms with Gasteiger partial charge >= 0.3 is 0 Å². The van der Waals surface area contributed by atoms with Crippen LogP contribution in [0, 0.1) is 0 Å². The Morgan fingerprint density at radius 1 is 0.886 bits per heavy atom. The second kappa shape index (κ2) is 10.5. The molecule has 6 heteroatoms. The molecule has 0 bridgehead atoms. The van der Waals surface area contributed by atoms with Gasteiger partial charge in [0.15, 0.2) is 0 Å². The highest BCUT2D eigenvalue weighted by Gasteiger charge is 2.12. The van der Waals surface area contributed by atoms with Gasteiger partial charge in [-0.05, 0) is 79.3 Å². The number of H-pyrrole nitrogens is 1. The predicted molar refractivity (Wildman–Crippen MR) is 142 cm³/mol. The van der Waals surface area contributed by atoms with E-state index in [-0.39, 0.29) is 5.91 Å². The van der Waals surface area contributed by atoms with Crippen LogP contribution in [0.4, 0.5) is 11.4 Å². The van der Waals surface area contributed by atoms with Gasteiger partial charge in [-0.25, -0.2) is 0 Å². The molecular weight excluding hydrogens is 434 g/mol. The van der Waals surface area contributed by atoms with Gasteiger partial charge in [0.1, 0.15) is 0 Å². The summed E-state index contributed by atoms with van der Waals surface area (Å²) in [4.78, 5) is 15.0. The van der Waals surface area contributed by atoms with Crippen molar-refractivity contribution in [2.75, 3.05) is 30.3 Å². The average molecular weight is 466 g/mol. The van der Waals surface area contributed by atoms with E-state index in [0.29, 0.717) is 12.1 Å². The molecule has 1 aliphatic heterocycles. The van der Waals surface area contributed by atoms with Crippen LogP contribution in [0.1, 0.15) is 35.2 Å². The van der Waals surface area contributed by atoms with Crippen molar-refractivity contribution in [3.63, 3.8) is 0 Å². The summed E-state index contributed by atoms with van der Waals surface area (Å²) in [5.74, 6) is -0.0777. The van der Waals surface area contributed by atoms with Crippen molar-refractivity contribution in [3.05, 3.63) is 90.0 Å². The molecule has 3 aromatic carbocycles. The zero-order valence-corrected chi connectivity index (χ0v) is 19.8. The van der Waals surface area contributed by atoms with E-state index in [1.165, 1.54) is 24.9 Å². The molecule has 0 saturated carbocycles. The van der Waals surface area contributed by atoms with Gasteiger partial charge in [0.05, 0.1) is 11.4 Å². The van der Waals surface area contributed by atoms with Gasteiger partial charge in [0.25, 0.3) is 5.91 Å². The number of hydrogen-bond donors (Lipinski definition) is 3. The number of aromatic amines is 1. The molecule has 2 heterocycles. The Morgan fingerprint density at radius 3 is 2.29 bits per heavy atom. The number of anilines is 2. The van der Waals surface area contributed by atoms with Crippen molar-refractivity contribution in [2.24, 2.45) is 0 Å². The van der Waals surface area contributed by atoms with E-state index >= 15 is 0 Å². The molecule has 0 spiro atoms. The third-order valence-corrected chi connectivity index (χ3v) is 6.60. The van der Waals surface area contributed by atoms with Crippen LogP contribution >= 0.6 is 0 Å². The Bertz CT molecular complexity index is 1250. The Hall–Kier alpha value is -4.06. The zero-order valence-electron chi connectivity index (χ0n) is 19.8. The summed E-state index contributed by atoms with van der Waals surface area (Å²) in [7, 11) is 0. The van der Waals surface area contributed by atoms with Gasteiger partial charge in [0.2, 0.25) is 0 Å². The van der Waals surface area contributed by atoms with Crippen LogP contribution in [0.2, 0.25) is 0 Å². The fraction of sp³-hybridized carbons (Fsp3) is 0.241. The number of benzene rings is 3. The first-order valence-electron chi connectivity index (χ1n) is 12.3. The van der Waals surface area contributed by atoms with Gasteiger partial charge in [-0.3, -0.25) is 9.89 Å². The maximum Gasteiger partial charge on any atom is 0.251 e. The van der Waals surface area contributed by atoms with E-state index in [1.54, 1.807) is 0 Å². The number of nitrogen functional groups attached to an aromatic ring is 1. The molecule has 178 valence electrons. The van der Waals surface area contributed by atoms with Crippen molar-refractivity contribution in [2.45, 2.75) is 25.7 Å². The Kier molecular flexibility index (Phi) is 6.80. The molecule has 1 saturated heterocycles. The molecule has 1 aromatic heterocycles. The summed E-state index contributed by atoms with van der Waals surface area (Å²) < 4.78 is 0. The second-order valence-corrected chi connectivity index (χ2v) is 9.09. The lowest BCUT2D eigenvalue weighted by Crippen LogP contribution is -2.29. The van der Waals surface area contributed by atoms with Gasteiger partial charge in [0, 0.05) is 42.1 Å². The molecule has 1 amide bonds. The number of rotatable bonds is 7. The first-order chi connectivity index (χ1) is 17.2. The van der Waals surface area contributed by atoms with Gasteiger partial charge in [-0.2, -0.15) is 5.10 Å². The SMILES string of the molecule is Nc1ccc(CCNC(=O)c2ccc(-c3cc(-c4ccc(N5CCCCC5)cc4)n[nH]3)cc2)cc1. The minimum atomic E-state index is -0.0777. The highest BCUT2D eigenvalue weighted by atomic mass is 16.1. The Morgan fingerprint density at radius 2 is 1.57 bits per heavy atom. The third kappa shape index (κ3) is 5.54. The summed E-state index contributed by atoms with van der Waals surface area (Å²) in [6, 6.07) is 26.0. The van der Waals surface area contributed by atoms with E-state index in [0.717, 1.165) is 53.3 Å². The minimum Gasteiger partial charge on any atom is -0.399 e. The number of aromatic nitrogens is 2. The fourth-order valence-corrected chi connectivity index (χ4v) is 4.52. The van der Waals surface area contributed by atoms with Crippen LogP contribution < -0.4 is 16.0 Å². The van der Waals surface area contributed by atoms with E-state index in [2.05, 4.69) is 50.7 Å². The molecule has 0 atom stereocenters. The van der Waals surface area contributed by atoms with Crippen LogP contribution in [0.25, 0.3) is 22.5 Å². The number of nitrogens with one attached hydrogen (secondary N) is 2.